The van der Waals surface area contributed by atoms with Crippen molar-refractivity contribution in [3.05, 3.63) is 35.9 Å². The van der Waals surface area contributed by atoms with Crippen molar-refractivity contribution in [2.75, 3.05) is 18.8 Å². The summed E-state index contributed by atoms with van der Waals surface area (Å²) >= 11 is 1.25. The van der Waals surface area contributed by atoms with Crippen LogP contribution in [-0.4, -0.2) is 47.0 Å². The van der Waals surface area contributed by atoms with Gasteiger partial charge in [-0.1, -0.05) is 42.1 Å². The van der Waals surface area contributed by atoms with Gasteiger partial charge in [-0.3, -0.25) is 14.4 Å². The summed E-state index contributed by atoms with van der Waals surface area (Å²) in [6.07, 6.45) is -0.773. The molecule has 2 amide bonds. The summed E-state index contributed by atoms with van der Waals surface area (Å²) in [5.41, 5.74) is 0.981. The van der Waals surface area contributed by atoms with Crippen molar-refractivity contribution in [2.45, 2.75) is 32.4 Å². The average Bonchev–Trinajstić information content (AvgIpc) is 2.98. The maximum atomic E-state index is 12.1. The number of carbonyl (C=O) groups excluding carboxylic acids is 3. The van der Waals surface area contributed by atoms with E-state index in [9.17, 15) is 14.4 Å². The Kier molecular flexibility index (Phi) is 6.66. The first-order chi connectivity index (χ1) is 11.5. The molecule has 1 N–H and O–H groups in total. The number of nitrogens with zero attached hydrogens (tertiary/aromatic N) is 1. The van der Waals surface area contributed by atoms with Gasteiger partial charge in [-0.15, -0.1) is 0 Å². The molecule has 1 saturated heterocycles. The summed E-state index contributed by atoms with van der Waals surface area (Å²) in [7, 11) is 0. The molecule has 6 nitrogen and oxygen atoms in total. The highest BCUT2D eigenvalue weighted by Gasteiger charge is 2.23. The number of benzene rings is 1. The molecule has 1 aliphatic rings. The van der Waals surface area contributed by atoms with Crippen LogP contribution in [0.25, 0.3) is 0 Å². The molecule has 7 heteroatoms. The molecule has 0 bridgehead atoms. The van der Waals surface area contributed by atoms with Crippen molar-refractivity contribution in [1.82, 2.24) is 10.2 Å². The molecular weight excluding hydrogens is 328 g/mol. The van der Waals surface area contributed by atoms with Crippen LogP contribution in [-0.2, 0) is 14.3 Å². The largest absolute Gasteiger partial charge is 0.452 e. The number of hydrogen-bond donors (Lipinski definition) is 1. The summed E-state index contributed by atoms with van der Waals surface area (Å²) < 4.78 is 5.15. The van der Waals surface area contributed by atoms with Crippen molar-refractivity contribution in [1.29, 1.82) is 0 Å². The molecule has 1 fully saturated rings. The van der Waals surface area contributed by atoms with Crippen molar-refractivity contribution in [3.8, 4) is 0 Å². The molecule has 130 valence electrons. The van der Waals surface area contributed by atoms with E-state index in [-0.39, 0.29) is 23.6 Å². The molecule has 0 aromatic heterocycles. The highest BCUT2D eigenvalue weighted by Crippen LogP contribution is 2.17. The number of carbonyl (C=O) groups is 3. The first kappa shape index (κ1) is 18.3. The molecule has 1 heterocycles. The fourth-order valence-electron chi connectivity index (χ4n) is 2.32. The molecular formula is C17H22N2O4S. The highest BCUT2D eigenvalue weighted by atomic mass is 32.2. The van der Waals surface area contributed by atoms with Gasteiger partial charge in [-0.05, 0) is 19.4 Å². The second kappa shape index (κ2) is 8.73. The third-order valence-corrected chi connectivity index (χ3v) is 4.66. The van der Waals surface area contributed by atoms with Crippen molar-refractivity contribution < 1.29 is 19.1 Å². The Labute approximate surface area is 145 Å². The van der Waals surface area contributed by atoms with Crippen LogP contribution in [0, 0.1) is 0 Å². The van der Waals surface area contributed by atoms with Gasteiger partial charge in [0.15, 0.2) is 6.10 Å². The van der Waals surface area contributed by atoms with Gasteiger partial charge in [0, 0.05) is 18.8 Å². The van der Waals surface area contributed by atoms with E-state index >= 15 is 0 Å². The molecule has 0 spiro atoms. The van der Waals surface area contributed by atoms with E-state index in [0.29, 0.717) is 13.1 Å². The van der Waals surface area contributed by atoms with Crippen LogP contribution in [0.1, 0.15) is 31.9 Å². The molecule has 2 rings (SSSR count). The predicted molar refractivity (Wildman–Crippen MR) is 92.6 cm³/mol. The minimum atomic E-state index is -0.868. The molecule has 2 atom stereocenters. The van der Waals surface area contributed by atoms with Crippen LogP contribution in [0.4, 0.5) is 4.79 Å². The lowest BCUT2D eigenvalue weighted by Crippen LogP contribution is -2.37. The number of rotatable bonds is 7. The van der Waals surface area contributed by atoms with Gasteiger partial charge in [0.25, 0.3) is 11.1 Å². The summed E-state index contributed by atoms with van der Waals surface area (Å²) in [4.78, 5) is 37.0. The van der Waals surface area contributed by atoms with Crippen LogP contribution >= 0.6 is 11.8 Å². The summed E-state index contributed by atoms with van der Waals surface area (Å²) in [6, 6.07) is 9.39. The Morgan fingerprint density at radius 3 is 2.62 bits per heavy atom. The molecule has 0 aliphatic carbocycles. The second-order valence-electron chi connectivity index (χ2n) is 5.62. The van der Waals surface area contributed by atoms with Crippen LogP contribution in [0.3, 0.4) is 0 Å². The van der Waals surface area contributed by atoms with Gasteiger partial charge in [0.05, 0.1) is 12.5 Å². The average molecular weight is 350 g/mol. The Morgan fingerprint density at radius 2 is 2.00 bits per heavy atom. The van der Waals surface area contributed by atoms with Crippen LogP contribution in [0.2, 0.25) is 0 Å². The van der Waals surface area contributed by atoms with E-state index < -0.39 is 12.1 Å². The third-order valence-electron chi connectivity index (χ3n) is 3.77. The van der Waals surface area contributed by atoms with Gasteiger partial charge in [-0.2, -0.15) is 0 Å². The predicted octanol–water partition coefficient (Wildman–Crippen LogP) is 2.35. The van der Waals surface area contributed by atoms with Gasteiger partial charge in [0.2, 0.25) is 0 Å². The molecule has 1 aliphatic heterocycles. The number of thioether (sulfide) groups is 1. The summed E-state index contributed by atoms with van der Waals surface area (Å²) in [5.74, 6) is -0.0634. The zero-order valence-electron chi connectivity index (χ0n) is 13.9. The minimum Gasteiger partial charge on any atom is -0.452 e. The Balaban J connectivity index is 1.74. The van der Waals surface area contributed by atoms with E-state index in [1.807, 2.05) is 37.3 Å². The van der Waals surface area contributed by atoms with Crippen LogP contribution < -0.4 is 5.32 Å². The quantitative estimate of drug-likeness (QED) is 0.764. The molecule has 0 saturated carbocycles. The van der Waals surface area contributed by atoms with Crippen molar-refractivity contribution in [3.63, 3.8) is 0 Å². The van der Waals surface area contributed by atoms with Gasteiger partial charge in [-0.25, -0.2) is 0 Å². The molecule has 1 aromatic carbocycles. The molecule has 1 aromatic rings. The van der Waals surface area contributed by atoms with Crippen LogP contribution in [0.15, 0.2) is 30.3 Å². The number of amides is 2. The minimum absolute atomic E-state index is 0.00900. The summed E-state index contributed by atoms with van der Waals surface area (Å²) in [5, 5.41) is 2.81. The Bertz CT molecular complexity index is 594. The first-order valence-corrected chi connectivity index (χ1v) is 8.92. The fourth-order valence-corrected chi connectivity index (χ4v) is 3.17. The number of hydrogen-bond acceptors (Lipinski definition) is 5. The third kappa shape index (κ3) is 5.26. The number of nitrogens with one attached hydrogen (secondary N) is 1. The highest BCUT2D eigenvalue weighted by molar-refractivity contribution is 8.13. The maximum absolute atomic E-state index is 12.1. The lowest BCUT2D eigenvalue weighted by Gasteiger charge is -2.19. The Hall–Kier alpha value is -2.02. The number of ether oxygens (including phenoxy) is 1. The normalized spacial score (nSPS) is 16.6. The standard InChI is InChI=1S/C17H22N2O4S/c1-12(14-6-4-3-5-7-14)18-16(21)13(2)23-15(20)8-9-19-10-11-24-17(19)22/h3-7,12-13H,8-11H2,1-2H3,(H,18,21). The Morgan fingerprint density at radius 1 is 1.29 bits per heavy atom. The maximum Gasteiger partial charge on any atom is 0.308 e. The second-order valence-corrected chi connectivity index (χ2v) is 6.67. The SMILES string of the molecule is CC(OC(=O)CCN1CCSC1=O)C(=O)NC(C)c1ccccc1. The molecule has 24 heavy (non-hydrogen) atoms. The zero-order valence-corrected chi connectivity index (χ0v) is 14.7. The monoisotopic (exact) mass is 350 g/mol. The van der Waals surface area contributed by atoms with Crippen LogP contribution in [0.5, 0.6) is 0 Å². The van der Waals surface area contributed by atoms with E-state index in [2.05, 4.69) is 5.32 Å². The fraction of sp³-hybridized carbons (Fsp3) is 0.471. The van der Waals surface area contributed by atoms with E-state index in [4.69, 9.17) is 4.74 Å². The smallest absolute Gasteiger partial charge is 0.308 e. The molecule has 0 radical (unpaired) electrons. The van der Waals surface area contributed by atoms with Gasteiger partial charge in [0.1, 0.15) is 0 Å². The first-order valence-electron chi connectivity index (χ1n) is 7.94. The van der Waals surface area contributed by atoms with Crippen molar-refractivity contribution >= 4 is 28.9 Å². The van der Waals surface area contributed by atoms with E-state index in [1.54, 1.807) is 11.8 Å². The molecule has 2 unspecified atom stereocenters. The zero-order chi connectivity index (χ0) is 17.5. The number of esters is 1. The summed E-state index contributed by atoms with van der Waals surface area (Å²) in [6.45, 7) is 4.40. The van der Waals surface area contributed by atoms with Gasteiger partial charge < -0.3 is 15.0 Å². The lowest BCUT2D eigenvalue weighted by atomic mass is 10.1. The van der Waals surface area contributed by atoms with E-state index in [1.165, 1.54) is 11.8 Å². The van der Waals surface area contributed by atoms with Crippen molar-refractivity contribution in [2.24, 2.45) is 0 Å². The van der Waals surface area contributed by atoms with E-state index in [0.717, 1.165) is 11.3 Å². The van der Waals surface area contributed by atoms with Gasteiger partial charge >= 0.3 is 5.97 Å². The topological polar surface area (TPSA) is 75.7 Å². The lowest BCUT2D eigenvalue weighted by molar-refractivity contribution is -0.155.